The van der Waals surface area contributed by atoms with Crippen LogP contribution in [-0.4, -0.2) is 46.8 Å². The van der Waals surface area contributed by atoms with E-state index in [1.54, 1.807) is 23.1 Å². The van der Waals surface area contributed by atoms with Crippen LogP contribution in [0.25, 0.3) is 0 Å². The number of ether oxygens (including phenoxy) is 2. The summed E-state index contributed by atoms with van der Waals surface area (Å²) < 4.78 is 11.6. The molecule has 1 saturated heterocycles. The van der Waals surface area contributed by atoms with Crippen molar-refractivity contribution in [2.75, 3.05) is 19.7 Å². The molecule has 1 spiro atoms. The average molecular weight is 431 g/mol. The minimum absolute atomic E-state index is 0.0000286. The van der Waals surface area contributed by atoms with E-state index in [2.05, 4.69) is 0 Å². The molecule has 0 bridgehead atoms. The molecule has 0 unspecified atom stereocenters. The molecule has 30 heavy (non-hydrogen) atoms. The Morgan fingerprint density at radius 3 is 2.57 bits per heavy atom. The zero-order valence-corrected chi connectivity index (χ0v) is 16.8. The number of fused-ring (bicyclic) bond motifs is 1. The van der Waals surface area contributed by atoms with Crippen molar-refractivity contribution in [3.8, 4) is 11.5 Å². The number of rotatable bonds is 4. The molecule has 156 valence electrons. The Morgan fingerprint density at radius 2 is 1.90 bits per heavy atom. The van der Waals surface area contributed by atoms with E-state index in [9.17, 15) is 19.7 Å². The molecule has 4 rings (SSSR count). The molecule has 8 nitrogen and oxygen atoms in total. The standard InChI is InChI=1S/C21H19ClN2O6/c22-14-1-6-19-17(11-14)18(25)12-21(30-19)7-9-23(10-8-21)20(26)13-29-16-4-2-15(3-5-16)24(27)28/h1-6,11H,7-10,12-13H2. The van der Waals surface area contributed by atoms with Crippen molar-refractivity contribution in [1.29, 1.82) is 0 Å². The lowest BCUT2D eigenvalue weighted by Crippen LogP contribution is -2.53. The highest BCUT2D eigenvalue weighted by atomic mass is 35.5. The molecule has 1 fully saturated rings. The number of carbonyl (C=O) groups is 2. The first kappa shape index (κ1) is 20.2. The lowest BCUT2D eigenvalue weighted by atomic mass is 9.82. The van der Waals surface area contributed by atoms with Gasteiger partial charge in [-0.1, -0.05) is 11.6 Å². The average Bonchev–Trinajstić information content (AvgIpc) is 2.73. The van der Waals surface area contributed by atoms with Gasteiger partial charge in [-0.15, -0.1) is 0 Å². The minimum atomic E-state index is -0.603. The maximum absolute atomic E-state index is 12.6. The third kappa shape index (κ3) is 4.09. The Labute approximate surface area is 177 Å². The maximum atomic E-state index is 12.6. The lowest BCUT2D eigenvalue weighted by molar-refractivity contribution is -0.384. The number of nitro groups is 1. The topological polar surface area (TPSA) is 99.0 Å². The van der Waals surface area contributed by atoms with Crippen LogP contribution in [0.5, 0.6) is 11.5 Å². The molecule has 2 aliphatic heterocycles. The summed E-state index contributed by atoms with van der Waals surface area (Å²) in [5.74, 6) is 0.744. The van der Waals surface area contributed by atoms with Gasteiger partial charge in [0.15, 0.2) is 12.4 Å². The van der Waals surface area contributed by atoms with Crippen molar-refractivity contribution in [3.63, 3.8) is 0 Å². The van der Waals surface area contributed by atoms with E-state index in [1.165, 1.54) is 24.3 Å². The summed E-state index contributed by atoms with van der Waals surface area (Å²) in [6.45, 7) is 0.753. The van der Waals surface area contributed by atoms with E-state index in [0.29, 0.717) is 48.0 Å². The Balaban J connectivity index is 1.33. The smallest absolute Gasteiger partial charge is 0.269 e. The first-order chi connectivity index (χ1) is 14.3. The predicted octanol–water partition coefficient (Wildman–Crippen LogP) is 3.65. The van der Waals surface area contributed by atoms with Crippen molar-refractivity contribution in [1.82, 2.24) is 4.90 Å². The number of non-ortho nitro benzene ring substituents is 1. The number of Topliss-reactive ketones (excluding diaryl/α,β-unsaturated/α-hetero) is 1. The summed E-state index contributed by atoms with van der Waals surface area (Å²) in [7, 11) is 0. The summed E-state index contributed by atoms with van der Waals surface area (Å²) in [6.07, 6.45) is 1.36. The minimum Gasteiger partial charge on any atom is -0.486 e. The normalized spacial score (nSPS) is 17.2. The summed E-state index contributed by atoms with van der Waals surface area (Å²) in [5.41, 5.74) is -0.141. The number of likely N-dealkylation sites (tertiary alicyclic amines) is 1. The van der Waals surface area contributed by atoms with Crippen molar-refractivity contribution >= 4 is 29.0 Å². The van der Waals surface area contributed by atoms with Crippen molar-refractivity contribution in [2.45, 2.75) is 24.9 Å². The molecule has 0 aliphatic carbocycles. The number of piperidine rings is 1. The predicted molar refractivity (Wildman–Crippen MR) is 108 cm³/mol. The van der Waals surface area contributed by atoms with Crippen LogP contribution in [0.3, 0.4) is 0 Å². The molecule has 0 saturated carbocycles. The van der Waals surface area contributed by atoms with Crippen LogP contribution in [0.15, 0.2) is 42.5 Å². The second-order valence-electron chi connectivity index (χ2n) is 7.45. The molecule has 0 aromatic heterocycles. The molecule has 0 radical (unpaired) electrons. The number of hydrogen-bond acceptors (Lipinski definition) is 6. The molecule has 0 atom stereocenters. The fraction of sp³-hybridized carbons (Fsp3) is 0.333. The SMILES string of the molecule is O=C1CC2(CCN(C(=O)COc3ccc([N+](=O)[O-])cc3)CC2)Oc2ccc(Cl)cc21. The summed E-state index contributed by atoms with van der Waals surface area (Å²) in [4.78, 5) is 36.9. The Bertz CT molecular complexity index is 999. The fourth-order valence-corrected chi connectivity index (χ4v) is 3.98. The maximum Gasteiger partial charge on any atom is 0.269 e. The largest absolute Gasteiger partial charge is 0.486 e. The van der Waals surface area contributed by atoms with Crippen molar-refractivity contribution in [3.05, 3.63) is 63.2 Å². The number of hydrogen-bond donors (Lipinski definition) is 0. The van der Waals surface area contributed by atoms with E-state index >= 15 is 0 Å². The van der Waals surface area contributed by atoms with Crippen LogP contribution >= 0.6 is 11.6 Å². The van der Waals surface area contributed by atoms with E-state index < -0.39 is 10.5 Å². The number of halogens is 1. The van der Waals surface area contributed by atoms with E-state index in [-0.39, 0.29) is 30.4 Å². The lowest BCUT2D eigenvalue weighted by Gasteiger charge is -2.43. The van der Waals surface area contributed by atoms with Gasteiger partial charge in [0.05, 0.1) is 16.9 Å². The number of ketones is 1. The van der Waals surface area contributed by atoms with Gasteiger partial charge in [0.25, 0.3) is 11.6 Å². The van der Waals surface area contributed by atoms with Crippen LogP contribution in [0.2, 0.25) is 5.02 Å². The van der Waals surface area contributed by atoms with Crippen LogP contribution in [-0.2, 0) is 4.79 Å². The first-order valence-corrected chi connectivity index (χ1v) is 9.90. The Hall–Kier alpha value is -3.13. The summed E-state index contributed by atoms with van der Waals surface area (Å²) >= 11 is 5.98. The fourth-order valence-electron chi connectivity index (χ4n) is 3.81. The van der Waals surface area contributed by atoms with E-state index in [1.807, 2.05) is 0 Å². The van der Waals surface area contributed by atoms with Crippen molar-refractivity contribution < 1.29 is 24.0 Å². The summed E-state index contributed by atoms with van der Waals surface area (Å²) in [5, 5.41) is 11.2. The molecule has 2 aromatic carbocycles. The molecule has 2 aliphatic rings. The molecule has 9 heteroatoms. The molecular formula is C21H19ClN2O6. The molecule has 1 amide bonds. The second-order valence-corrected chi connectivity index (χ2v) is 7.88. The zero-order valence-electron chi connectivity index (χ0n) is 16.0. The highest BCUT2D eigenvalue weighted by molar-refractivity contribution is 6.31. The van der Waals surface area contributed by atoms with Gasteiger partial charge in [0.1, 0.15) is 17.1 Å². The van der Waals surface area contributed by atoms with Crippen LogP contribution in [0.1, 0.15) is 29.6 Å². The Morgan fingerprint density at radius 1 is 1.20 bits per heavy atom. The number of amides is 1. The van der Waals surface area contributed by atoms with Gasteiger partial charge >= 0.3 is 0 Å². The molecule has 0 N–H and O–H groups in total. The molecule has 2 aromatic rings. The third-order valence-electron chi connectivity index (χ3n) is 5.49. The number of benzene rings is 2. The van der Waals surface area contributed by atoms with Crippen molar-refractivity contribution in [2.24, 2.45) is 0 Å². The Kier molecular flexibility index (Phi) is 5.34. The van der Waals surface area contributed by atoms with Gasteiger partial charge in [0, 0.05) is 43.1 Å². The second kappa shape index (κ2) is 7.95. The van der Waals surface area contributed by atoms with Gasteiger partial charge < -0.3 is 14.4 Å². The molecular weight excluding hydrogens is 412 g/mol. The molecule has 2 heterocycles. The van der Waals surface area contributed by atoms with E-state index in [4.69, 9.17) is 21.1 Å². The highest BCUT2D eigenvalue weighted by Gasteiger charge is 2.43. The van der Waals surface area contributed by atoms with Gasteiger partial charge in [-0.3, -0.25) is 19.7 Å². The quantitative estimate of drug-likeness (QED) is 0.542. The van der Waals surface area contributed by atoms with Gasteiger partial charge in [-0.05, 0) is 30.3 Å². The number of carbonyl (C=O) groups excluding carboxylic acids is 2. The monoisotopic (exact) mass is 430 g/mol. The number of nitrogens with zero attached hydrogens (tertiary/aromatic N) is 2. The van der Waals surface area contributed by atoms with Gasteiger partial charge in [-0.25, -0.2) is 0 Å². The van der Waals surface area contributed by atoms with Gasteiger partial charge in [-0.2, -0.15) is 0 Å². The van der Waals surface area contributed by atoms with Gasteiger partial charge in [0.2, 0.25) is 0 Å². The third-order valence-corrected chi connectivity index (χ3v) is 5.72. The van der Waals surface area contributed by atoms with Crippen LogP contribution < -0.4 is 9.47 Å². The van der Waals surface area contributed by atoms with Crippen LogP contribution in [0, 0.1) is 10.1 Å². The first-order valence-electron chi connectivity index (χ1n) is 9.52. The summed E-state index contributed by atoms with van der Waals surface area (Å²) in [6, 6.07) is 10.6. The number of nitro benzene ring substituents is 1. The highest BCUT2D eigenvalue weighted by Crippen LogP contribution is 2.40. The zero-order chi connectivity index (χ0) is 21.3. The van der Waals surface area contributed by atoms with Crippen LogP contribution in [0.4, 0.5) is 5.69 Å². The van der Waals surface area contributed by atoms with E-state index in [0.717, 1.165) is 0 Å².